The molecule has 1 aromatic carbocycles. The third-order valence-electron chi connectivity index (χ3n) is 2.44. The number of aliphatic hydroxyl groups is 1. The van der Waals surface area contributed by atoms with E-state index >= 15 is 0 Å². The Morgan fingerprint density at radius 1 is 1.29 bits per heavy atom. The van der Waals surface area contributed by atoms with Crippen molar-refractivity contribution in [2.75, 3.05) is 5.73 Å². The Morgan fingerprint density at radius 3 is 2.71 bits per heavy atom. The van der Waals surface area contributed by atoms with Gasteiger partial charge in [-0.25, -0.2) is 0 Å². The summed E-state index contributed by atoms with van der Waals surface area (Å²) in [4.78, 5) is 3.96. The molecule has 0 amide bonds. The molecule has 1 heterocycles. The van der Waals surface area contributed by atoms with Gasteiger partial charge in [0.15, 0.2) is 0 Å². The zero-order valence-electron chi connectivity index (χ0n) is 8.77. The van der Waals surface area contributed by atoms with Crippen LogP contribution < -0.4 is 5.73 Å². The molecule has 5 heteroatoms. The molecular weight excluding hydrogens is 304 g/mol. The Bertz CT molecular complexity index is 548. The number of nitrogen functional groups attached to an aromatic ring is 1. The van der Waals surface area contributed by atoms with Crippen molar-refractivity contribution in [3.05, 3.63) is 57.3 Å². The van der Waals surface area contributed by atoms with Gasteiger partial charge in [-0.2, -0.15) is 0 Å². The molecule has 0 fully saturated rings. The highest BCUT2D eigenvalue weighted by Crippen LogP contribution is 2.32. The van der Waals surface area contributed by atoms with Crippen LogP contribution in [0.5, 0.6) is 0 Å². The van der Waals surface area contributed by atoms with Crippen molar-refractivity contribution < 1.29 is 5.11 Å². The molecule has 3 N–H and O–H groups in total. The Balaban J connectivity index is 2.44. The van der Waals surface area contributed by atoms with E-state index in [1.165, 1.54) is 0 Å². The van der Waals surface area contributed by atoms with Gasteiger partial charge in [-0.05, 0) is 23.8 Å². The number of nitrogens with two attached hydrogens (primary N) is 1. The molecular formula is C12H10BrClN2O. The number of aromatic nitrogens is 1. The second kappa shape index (κ2) is 5.04. The maximum atomic E-state index is 10.3. The van der Waals surface area contributed by atoms with E-state index < -0.39 is 6.10 Å². The first-order valence-electron chi connectivity index (χ1n) is 4.92. The van der Waals surface area contributed by atoms with Gasteiger partial charge in [0.1, 0.15) is 6.10 Å². The molecule has 2 aromatic rings. The van der Waals surface area contributed by atoms with Gasteiger partial charge in [-0.15, -0.1) is 0 Å². The second-order valence-electron chi connectivity index (χ2n) is 3.57. The summed E-state index contributed by atoms with van der Waals surface area (Å²) in [7, 11) is 0. The van der Waals surface area contributed by atoms with Gasteiger partial charge >= 0.3 is 0 Å². The van der Waals surface area contributed by atoms with Crippen LogP contribution in [0, 0.1) is 0 Å². The van der Waals surface area contributed by atoms with Crippen LogP contribution in [-0.2, 0) is 0 Å². The van der Waals surface area contributed by atoms with E-state index in [-0.39, 0.29) is 0 Å². The van der Waals surface area contributed by atoms with Crippen molar-refractivity contribution >= 4 is 33.2 Å². The molecule has 0 bridgehead atoms. The van der Waals surface area contributed by atoms with Crippen LogP contribution in [0.25, 0.3) is 0 Å². The van der Waals surface area contributed by atoms with Crippen LogP contribution in [0.1, 0.15) is 17.2 Å². The van der Waals surface area contributed by atoms with Gasteiger partial charge in [0, 0.05) is 33.1 Å². The van der Waals surface area contributed by atoms with Crippen LogP contribution in [0.3, 0.4) is 0 Å². The Kier molecular flexibility index (Phi) is 3.66. The molecule has 0 saturated carbocycles. The van der Waals surface area contributed by atoms with E-state index in [0.717, 1.165) is 4.47 Å². The molecule has 88 valence electrons. The minimum atomic E-state index is -0.824. The van der Waals surface area contributed by atoms with Crippen LogP contribution in [0.2, 0.25) is 5.02 Å². The molecule has 0 aliphatic rings. The Labute approximate surface area is 112 Å². The number of nitrogens with zero attached hydrogens (tertiary/aromatic N) is 1. The highest BCUT2D eigenvalue weighted by molar-refractivity contribution is 9.10. The lowest BCUT2D eigenvalue weighted by Crippen LogP contribution is -2.05. The average molecular weight is 314 g/mol. The number of halogens is 2. The first-order valence-corrected chi connectivity index (χ1v) is 6.09. The first kappa shape index (κ1) is 12.4. The average Bonchev–Trinajstić information content (AvgIpc) is 2.29. The third kappa shape index (κ3) is 2.60. The zero-order chi connectivity index (χ0) is 12.4. The fourth-order valence-electron chi connectivity index (χ4n) is 1.54. The molecule has 17 heavy (non-hydrogen) atoms. The minimum Gasteiger partial charge on any atom is -0.398 e. The molecule has 0 aliphatic carbocycles. The quantitative estimate of drug-likeness (QED) is 0.895. The zero-order valence-corrected chi connectivity index (χ0v) is 11.1. The monoisotopic (exact) mass is 312 g/mol. The summed E-state index contributed by atoms with van der Waals surface area (Å²) in [6.45, 7) is 0. The smallest absolute Gasteiger partial charge is 0.109 e. The van der Waals surface area contributed by atoms with Gasteiger partial charge in [0.2, 0.25) is 0 Å². The van der Waals surface area contributed by atoms with E-state index in [9.17, 15) is 5.11 Å². The lowest BCUT2D eigenvalue weighted by Gasteiger charge is -2.14. The first-order chi connectivity index (χ1) is 8.09. The number of aliphatic hydroxyl groups excluding tert-OH is 1. The van der Waals surface area contributed by atoms with E-state index in [1.54, 1.807) is 36.7 Å². The molecule has 3 nitrogen and oxygen atoms in total. The predicted molar refractivity (Wildman–Crippen MR) is 71.9 cm³/mol. The van der Waals surface area contributed by atoms with Crippen molar-refractivity contribution in [2.24, 2.45) is 0 Å². The van der Waals surface area contributed by atoms with Gasteiger partial charge in [0.25, 0.3) is 0 Å². The van der Waals surface area contributed by atoms with E-state index in [2.05, 4.69) is 20.9 Å². The van der Waals surface area contributed by atoms with Gasteiger partial charge in [0.05, 0.1) is 0 Å². The number of pyridine rings is 1. The molecule has 1 atom stereocenters. The van der Waals surface area contributed by atoms with Crippen molar-refractivity contribution in [3.8, 4) is 0 Å². The number of hydrogen-bond acceptors (Lipinski definition) is 3. The minimum absolute atomic E-state index is 0.509. The Hall–Kier alpha value is -1.10. The summed E-state index contributed by atoms with van der Waals surface area (Å²) in [5.41, 5.74) is 7.59. The summed E-state index contributed by atoms with van der Waals surface area (Å²) in [6.07, 6.45) is 2.32. The second-order valence-corrected chi connectivity index (χ2v) is 4.86. The summed E-state index contributed by atoms with van der Waals surface area (Å²) in [5, 5.41) is 10.9. The summed E-state index contributed by atoms with van der Waals surface area (Å²) in [6, 6.07) is 6.86. The highest BCUT2D eigenvalue weighted by Gasteiger charge is 2.16. The van der Waals surface area contributed by atoms with Gasteiger partial charge < -0.3 is 10.8 Å². The van der Waals surface area contributed by atoms with E-state index in [4.69, 9.17) is 17.3 Å². The lowest BCUT2D eigenvalue weighted by molar-refractivity contribution is 0.220. The number of hydrogen-bond donors (Lipinski definition) is 2. The maximum Gasteiger partial charge on any atom is 0.109 e. The van der Waals surface area contributed by atoms with Crippen molar-refractivity contribution in [3.63, 3.8) is 0 Å². The lowest BCUT2D eigenvalue weighted by atomic mass is 10.0. The molecule has 1 aromatic heterocycles. The maximum absolute atomic E-state index is 10.3. The topological polar surface area (TPSA) is 59.1 Å². The standard InChI is InChI=1S/C12H10BrClN2O/c13-10-5-7(14)1-2-8(10)12(17)9-6-16-4-3-11(9)15/h1-6,12,17H,(H2,15,16). The third-order valence-corrected chi connectivity index (χ3v) is 3.36. The highest BCUT2D eigenvalue weighted by atomic mass is 79.9. The molecule has 0 aliphatic heterocycles. The molecule has 0 spiro atoms. The number of benzene rings is 1. The van der Waals surface area contributed by atoms with E-state index in [0.29, 0.717) is 21.8 Å². The molecule has 0 saturated heterocycles. The molecule has 2 rings (SSSR count). The fraction of sp³-hybridized carbons (Fsp3) is 0.0833. The predicted octanol–water partition coefficient (Wildman–Crippen LogP) is 3.16. The van der Waals surface area contributed by atoms with Crippen LogP contribution in [0.15, 0.2) is 41.1 Å². The summed E-state index contributed by atoms with van der Waals surface area (Å²) >= 11 is 9.21. The summed E-state index contributed by atoms with van der Waals surface area (Å²) < 4.78 is 0.737. The molecule has 0 radical (unpaired) electrons. The van der Waals surface area contributed by atoms with Crippen molar-refractivity contribution in [1.82, 2.24) is 4.98 Å². The van der Waals surface area contributed by atoms with E-state index in [1.807, 2.05) is 0 Å². The number of anilines is 1. The molecule has 1 unspecified atom stereocenters. The van der Waals surface area contributed by atoms with Gasteiger partial charge in [-0.1, -0.05) is 33.6 Å². The SMILES string of the molecule is Nc1ccncc1C(O)c1ccc(Cl)cc1Br. The largest absolute Gasteiger partial charge is 0.398 e. The fourth-order valence-corrected chi connectivity index (χ4v) is 2.44. The van der Waals surface area contributed by atoms with Crippen LogP contribution in [-0.4, -0.2) is 10.1 Å². The summed E-state index contributed by atoms with van der Waals surface area (Å²) in [5.74, 6) is 0. The Morgan fingerprint density at radius 2 is 2.06 bits per heavy atom. The normalized spacial score (nSPS) is 12.4. The van der Waals surface area contributed by atoms with Crippen LogP contribution in [0.4, 0.5) is 5.69 Å². The van der Waals surface area contributed by atoms with Crippen molar-refractivity contribution in [2.45, 2.75) is 6.10 Å². The number of rotatable bonds is 2. The van der Waals surface area contributed by atoms with Crippen molar-refractivity contribution in [1.29, 1.82) is 0 Å². The van der Waals surface area contributed by atoms with Gasteiger partial charge in [-0.3, -0.25) is 4.98 Å². The van der Waals surface area contributed by atoms with Crippen LogP contribution >= 0.6 is 27.5 Å².